The molecule has 3 aromatic rings. The zero-order chi connectivity index (χ0) is 14.9. The molecule has 5 heteroatoms. The molecule has 1 fully saturated rings. The van der Waals surface area contributed by atoms with Gasteiger partial charge >= 0.3 is 0 Å². The molecule has 112 valence electrons. The van der Waals surface area contributed by atoms with Gasteiger partial charge in [-0.1, -0.05) is 6.07 Å². The maximum Gasteiger partial charge on any atom is 0.154 e. The van der Waals surface area contributed by atoms with E-state index in [0.29, 0.717) is 5.92 Å². The fourth-order valence-electron chi connectivity index (χ4n) is 3.02. The molecule has 4 heterocycles. The summed E-state index contributed by atoms with van der Waals surface area (Å²) in [6.45, 7) is 3.66. The third-order valence-corrected chi connectivity index (χ3v) is 4.23. The second-order valence-electron chi connectivity index (χ2n) is 5.77. The number of nitrogens with zero attached hydrogens (tertiary/aromatic N) is 4. The Bertz CT molecular complexity index is 788. The average Bonchev–Trinajstić information content (AvgIpc) is 2.96. The standard InChI is InChI=1S/C17H18N4O/c1-12-2-3-16(19-10-12)21-15-11-18-7-4-14(15)17(20-21)13-5-8-22-9-6-13/h2-4,7,10-11,13H,5-6,8-9H2,1H3. The van der Waals surface area contributed by atoms with Crippen molar-refractivity contribution in [2.75, 3.05) is 13.2 Å². The first-order chi connectivity index (χ1) is 10.8. The molecule has 1 aliphatic heterocycles. The van der Waals surface area contributed by atoms with Crippen molar-refractivity contribution < 1.29 is 4.74 Å². The number of aromatic nitrogens is 4. The van der Waals surface area contributed by atoms with E-state index >= 15 is 0 Å². The van der Waals surface area contributed by atoms with Crippen molar-refractivity contribution in [1.82, 2.24) is 19.7 Å². The van der Waals surface area contributed by atoms with Gasteiger partial charge in [-0.3, -0.25) is 4.98 Å². The lowest BCUT2D eigenvalue weighted by Crippen LogP contribution is -2.15. The fourth-order valence-corrected chi connectivity index (χ4v) is 3.02. The predicted octanol–water partition coefficient (Wildman–Crippen LogP) is 3.02. The molecule has 0 atom stereocenters. The van der Waals surface area contributed by atoms with Crippen molar-refractivity contribution in [3.05, 3.63) is 48.0 Å². The monoisotopic (exact) mass is 294 g/mol. The molecule has 1 saturated heterocycles. The Hall–Kier alpha value is -2.27. The number of hydrogen-bond acceptors (Lipinski definition) is 4. The van der Waals surface area contributed by atoms with Gasteiger partial charge in [0.25, 0.3) is 0 Å². The first kappa shape index (κ1) is 13.4. The largest absolute Gasteiger partial charge is 0.381 e. The third-order valence-electron chi connectivity index (χ3n) is 4.23. The summed E-state index contributed by atoms with van der Waals surface area (Å²) in [7, 11) is 0. The van der Waals surface area contributed by atoms with Crippen LogP contribution in [0, 0.1) is 6.92 Å². The number of pyridine rings is 2. The molecule has 0 aromatic carbocycles. The first-order valence-electron chi connectivity index (χ1n) is 7.66. The number of hydrogen-bond donors (Lipinski definition) is 0. The van der Waals surface area contributed by atoms with Gasteiger partial charge in [-0.2, -0.15) is 5.10 Å². The highest BCUT2D eigenvalue weighted by molar-refractivity contribution is 5.82. The van der Waals surface area contributed by atoms with Crippen LogP contribution in [0.1, 0.15) is 30.0 Å². The predicted molar refractivity (Wildman–Crippen MR) is 84.2 cm³/mol. The van der Waals surface area contributed by atoms with E-state index in [4.69, 9.17) is 9.84 Å². The zero-order valence-corrected chi connectivity index (χ0v) is 12.6. The molecule has 4 rings (SSSR count). The minimum atomic E-state index is 0.449. The summed E-state index contributed by atoms with van der Waals surface area (Å²) in [6.07, 6.45) is 7.62. The number of rotatable bonds is 2. The smallest absolute Gasteiger partial charge is 0.154 e. The van der Waals surface area contributed by atoms with Gasteiger partial charge in [0, 0.05) is 36.9 Å². The van der Waals surface area contributed by atoms with Crippen LogP contribution in [0.5, 0.6) is 0 Å². The van der Waals surface area contributed by atoms with Crippen LogP contribution in [-0.2, 0) is 4.74 Å². The lowest BCUT2D eigenvalue weighted by Gasteiger charge is -2.20. The maximum absolute atomic E-state index is 5.48. The SMILES string of the molecule is Cc1ccc(-n2nc(C3CCOCC3)c3ccncc32)nc1. The van der Waals surface area contributed by atoms with Crippen molar-refractivity contribution in [2.45, 2.75) is 25.7 Å². The lowest BCUT2D eigenvalue weighted by molar-refractivity contribution is 0.0847. The van der Waals surface area contributed by atoms with Crippen molar-refractivity contribution in [2.24, 2.45) is 0 Å². The molecule has 0 saturated carbocycles. The average molecular weight is 294 g/mol. The van der Waals surface area contributed by atoms with Crippen LogP contribution in [0.25, 0.3) is 16.7 Å². The maximum atomic E-state index is 5.48. The van der Waals surface area contributed by atoms with Crippen LogP contribution in [-0.4, -0.2) is 33.0 Å². The topological polar surface area (TPSA) is 52.8 Å². The van der Waals surface area contributed by atoms with Crippen LogP contribution in [0.2, 0.25) is 0 Å². The van der Waals surface area contributed by atoms with Gasteiger partial charge in [0.1, 0.15) is 0 Å². The number of ether oxygens (including phenoxy) is 1. The van der Waals surface area contributed by atoms with E-state index in [2.05, 4.69) is 22.1 Å². The summed E-state index contributed by atoms with van der Waals surface area (Å²) in [5.41, 5.74) is 3.30. The van der Waals surface area contributed by atoms with E-state index in [9.17, 15) is 0 Å². The normalized spacial score (nSPS) is 16.2. The lowest BCUT2D eigenvalue weighted by atomic mass is 9.95. The molecule has 1 aliphatic rings. The Balaban J connectivity index is 1.86. The number of fused-ring (bicyclic) bond motifs is 1. The van der Waals surface area contributed by atoms with Gasteiger partial charge in [0.05, 0.1) is 17.4 Å². The highest BCUT2D eigenvalue weighted by atomic mass is 16.5. The van der Waals surface area contributed by atoms with Crippen LogP contribution in [0.15, 0.2) is 36.8 Å². The minimum absolute atomic E-state index is 0.449. The van der Waals surface area contributed by atoms with Gasteiger partial charge in [0.15, 0.2) is 5.82 Å². The summed E-state index contributed by atoms with van der Waals surface area (Å²) >= 11 is 0. The molecule has 22 heavy (non-hydrogen) atoms. The van der Waals surface area contributed by atoms with E-state index in [1.165, 1.54) is 5.39 Å². The molecule has 0 spiro atoms. The van der Waals surface area contributed by atoms with Gasteiger partial charge < -0.3 is 4.74 Å². The molecular formula is C17H18N4O. The van der Waals surface area contributed by atoms with Gasteiger partial charge in [-0.15, -0.1) is 0 Å². The van der Waals surface area contributed by atoms with Gasteiger partial charge in [-0.25, -0.2) is 9.67 Å². The molecule has 5 nitrogen and oxygen atoms in total. The van der Waals surface area contributed by atoms with Crippen molar-refractivity contribution >= 4 is 10.9 Å². The van der Waals surface area contributed by atoms with E-state index < -0.39 is 0 Å². The van der Waals surface area contributed by atoms with Crippen molar-refractivity contribution in [1.29, 1.82) is 0 Å². The first-order valence-corrected chi connectivity index (χ1v) is 7.66. The quantitative estimate of drug-likeness (QED) is 0.729. The zero-order valence-electron chi connectivity index (χ0n) is 12.6. The number of aryl methyl sites for hydroxylation is 1. The molecule has 3 aromatic heterocycles. The fraction of sp³-hybridized carbons (Fsp3) is 0.353. The molecular weight excluding hydrogens is 276 g/mol. The molecule has 0 aliphatic carbocycles. The second-order valence-corrected chi connectivity index (χ2v) is 5.77. The van der Waals surface area contributed by atoms with Crippen molar-refractivity contribution in [3.63, 3.8) is 0 Å². The third kappa shape index (κ3) is 2.27. The van der Waals surface area contributed by atoms with Crippen molar-refractivity contribution in [3.8, 4) is 5.82 Å². The summed E-state index contributed by atoms with van der Waals surface area (Å²) in [5.74, 6) is 1.28. The molecule has 0 amide bonds. The van der Waals surface area contributed by atoms with Gasteiger partial charge in [-0.05, 0) is 37.5 Å². The molecule has 0 radical (unpaired) electrons. The van der Waals surface area contributed by atoms with E-state index in [0.717, 1.165) is 48.6 Å². The highest BCUT2D eigenvalue weighted by Crippen LogP contribution is 2.32. The molecule has 0 bridgehead atoms. The van der Waals surface area contributed by atoms with Crippen LogP contribution < -0.4 is 0 Å². The molecule has 0 unspecified atom stereocenters. The van der Waals surface area contributed by atoms with Crippen LogP contribution >= 0.6 is 0 Å². The Morgan fingerprint density at radius 2 is 2.00 bits per heavy atom. The summed E-state index contributed by atoms with van der Waals surface area (Å²) in [5, 5.41) is 6.04. The Morgan fingerprint density at radius 3 is 2.77 bits per heavy atom. The van der Waals surface area contributed by atoms with E-state index in [-0.39, 0.29) is 0 Å². The minimum Gasteiger partial charge on any atom is -0.381 e. The highest BCUT2D eigenvalue weighted by Gasteiger charge is 2.23. The van der Waals surface area contributed by atoms with Crippen LogP contribution in [0.4, 0.5) is 0 Å². The second kappa shape index (κ2) is 5.50. The van der Waals surface area contributed by atoms with Crippen LogP contribution in [0.3, 0.4) is 0 Å². The summed E-state index contributed by atoms with van der Waals surface area (Å²) < 4.78 is 7.39. The van der Waals surface area contributed by atoms with Gasteiger partial charge in [0.2, 0.25) is 0 Å². The molecule has 0 N–H and O–H groups in total. The summed E-state index contributed by atoms with van der Waals surface area (Å²) in [4.78, 5) is 8.77. The Kier molecular flexibility index (Phi) is 3.35. The Labute approximate surface area is 129 Å². The van der Waals surface area contributed by atoms with E-state index in [1.54, 1.807) is 0 Å². The summed E-state index contributed by atoms with van der Waals surface area (Å²) in [6, 6.07) is 6.11. The Morgan fingerprint density at radius 1 is 1.14 bits per heavy atom. The van der Waals surface area contributed by atoms with E-state index in [1.807, 2.05) is 36.3 Å².